The Labute approximate surface area is 140 Å². The van der Waals surface area contributed by atoms with E-state index in [1.165, 1.54) is 12.1 Å². The lowest BCUT2D eigenvalue weighted by Crippen LogP contribution is -2.12. The molecule has 0 aliphatic heterocycles. The lowest BCUT2D eigenvalue weighted by Gasteiger charge is -2.10. The van der Waals surface area contributed by atoms with Crippen molar-refractivity contribution in [1.29, 1.82) is 0 Å². The summed E-state index contributed by atoms with van der Waals surface area (Å²) in [6.45, 7) is 0. The maximum atomic E-state index is 12.3. The Morgan fingerprint density at radius 2 is 1.29 bits per heavy atom. The molecule has 3 rings (SSSR count). The second-order valence-corrected chi connectivity index (χ2v) is 6.80. The molecule has 24 heavy (non-hydrogen) atoms. The Balaban J connectivity index is 1.73. The van der Waals surface area contributed by atoms with Gasteiger partial charge in [-0.15, -0.1) is 0 Å². The van der Waals surface area contributed by atoms with Gasteiger partial charge in [-0.05, 0) is 60.7 Å². The predicted molar refractivity (Wildman–Crippen MR) is 95.6 cm³/mol. The number of benzene rings is 2. The van der Waals surface area contributed by atoms with Gasteiger partial charge in [-0.25, -0.2) is 8.42 Å². The molecule has 0 saturated carbocycles. The van der Waals surface area contributed by atoms with E-state index in [2.05, 4.69) is 15.0 Å². The van der Waals surface area contributed by atoms with Crippen LogP contribution in [0.15, 0.2) is 78.0 Å². The Morgan fingerprint density at radius 3 is 1.92 bits per heavy atom. The first-order valence-corrected chi connectivity index (χ1v) is 8.67. The van der Waals surface area contributed by atoms with Crippen LogP contribution in [0.1, 0.15) is 0 Å². The van der Waals surface area contributed by atoms with E-state index in [4.69, 9.17) is 5.73 Å². The van der Waals surface area contributed by atoms with Crippen molar-refractivity contribution < 1.29 is 8.42 Å². The first-order valence-electron chi connectivity index (χ1n) is 7.18. The van der Waals surface area contributed by atoms with Gasteiger partial charge in [-0.1, -0.05) is 0 Å². The van der Waals surface area contributed by atoms with E-state index in [1.54, 1.807) is 48.8 Å². The van der Waals surface area contributed by atoms with Gasteiger partial charge >= 0.3 is 0 Å². The smallest absolute Gasteiger partial charge is 0.261 e. The van der Waals surface area contributed by atoms with Crippen LogP contribution in [0.25, 0.3) is 0 Å². The van der Waals surface area contributed by atoms with Gasteiger partial charge < -0.3 is 11.1 Å². The van der Waals surface area contributed by atoms with Crippen LogP contribution in [0.2, 0.25) is 0 Å². The number of anilines is 4. The number of pyridine rings is 1. The Kier molecular flexibility index (Phi) is 4.35. The highest BCUT2D eigenvalue weighted by molar-refractivity contribution is 7.92. The summed E-state index contributed by atoms with van der Waals surface area (Å²) in [7, 11) is -3.64. The van der Waals surface area contributed by atoms with E-state index in [-0.39, 0.29) is 4.90 Å². The highest BCUT2D eigenvalue weighted by Crippen LogP contribution is 2.21. The summed E-state index contributed by atoms with van der Waals surface area (Å²) in [5.74, 6) is 0. The standard InChI is InChI=1S/C17H16N4O2S/c18-13-1-7-17(8-2-13)24(22,23)21-16-5-3-14(4-6-16)20-15-9-11-19-12-10-15/h1-12,21H,18H2,(H,19,20). The SMILES string of the molecule is Nc1ccc(S(=O)(=O)Nc2ccc(Nc3ccncc3)cc2)cc1. The minimum Gasteiger partial charge on any atom is -0.399 e. The Bertz CT molecular complexity index is 909. The van der Waals surface area contributed by atoms with Gasteiger partial charge in [0.05, 0.1) is 4.90 Å². The predicted octanol–water partition coefficient (Wildman–Crippen LogP) is 3.21. The third kappa shape index (κ3) is 3.82. The van der Waals surface area contributed by atoms with Crippen LogP contribution < -0.4 is 15.8 Å². The second-order valence-electron chi connectivity index (χ2n) is 5.11. The van der Waals surface area contributed by atoms with Crippen LogP contribution in [-0.4, -0.2) is 13.4 Å². The van der Waals surface area contributed by atoms with Crippen LogP contribution in [0.5, 0.6) is 0 Å². The molecular weight excluding hydrogens is 324 g/mol. The number of hydrogen-bond acceptors (Lipinski definition) is 5. The van der Waals surface area contributed by atoms with Gasteiger partial charge in [0.2, 0.25) is 0 Å². The van der Waals surface area contributed by atoms with E-state index in [1.807, 2.05) is 12.1 Å². The zero-order valence-corrected chi connectivity index (χ0v) is 13.5. The van der Waals surface area contributed by atoms with Crippen LogP contribution in [0.3, 0.4) is 0 Å². The van der Waals surface area contributed by atoms with Crippen molar-refractivity contribution in [3.8, 4) is 0 Å². The molecule has 1 aromatic heterocycles. The van der Waals surface area contributed by atoms with Crippen molar-refractivity contribution >= 4 is 32.8 Å². The van der Waals surface area contributed by atoms with Crippen LogP contribution in [-0.2, 0) is 10.0 Å². The van der Waals surface area contributed by atoms with Gasteiger partial charge in [-0.2, -0.15) is 0 Å². The zero-order chi connectivity index (χ0) is 17.0. The monoisotopic (exact) mass is 340 g/mol. The number of nitrogens with one attached hydrogen (secondary N) is 2. The average molecular weight is 340 g/mol. The van der Waals surface area contributed by atoms with Crippen molar-refractivity contribution in [3.05, 3.63) is 73.1 Å². The molecule has 0 spiro atoms. The fourth-order valence-electron chi connectivity index (χ4n) is 2.08. The molecule has 122 valence electrons. The van der Waals surface area contributed by atoms with Gasteiger partial charge in [0.25, 0.3) is 10.0 Å². The number of rotatable bonds is 5. The molecule has 0 aliphatic rings. The molecule has 1 heterocycles. The molecular formula is C17H16N4O2S. The fourth-order valence-corrected chi connectivity index (χ4v) is 3.14. The summed E-state index contributed by atoms with van der Waals surface area (Å²) in [4.78, 5) is 4.11. The largest absolute Gasteiger partial charge is 0.399 e. The first kappa shape index (κ1) is 15.8. The summed E-state index contributed by atoms with van der Waals surface area (Å²) in [5.41, 5.74) is 8.32. The Morgan fingerprint density at radius 1 is 0.750 bits per heavy atom. The quantitative estimate of drug-likeness (QED) is 0.620. The van der Waals surface area contributed by atoms with Crippen LogP contribution in [0.4, 0.5) is 22.7 Å². The minimum atomic E-state index is -3.64. The minimum absolute atomic E-state index is 0.163. The highest BCUT2D eigenvalue weighted by atomic mass is 32.2. The highest BCUT2D eigenvalue weighted by Gasteiger charge is 2.13. The molecule has 0 atom stereocenters. The van der Waals surface area contributed by atoms with Crippen molar-refractivity contribution in [2.24, 2.45) is 0 Å². The maximum Gasteiger partial charge on any atom is 0.261 e. The lowest BCUT2D eigenvalue weighted by atomic mass is 10.3. The third-order valence-corrected chi connectivity index (χ3v) is 4.69. The summed E-state index contributed by atoms with van der Waals surface area (Å²) in [5, 5.41) is 3.20. The molecule has 3 aromatic rings. The summed E-state index contributed by atoms with van der Waals surface area (Å²) >= 11 is 0. The molecule has 0 aliphatic carbocycles. The number of nitrogens with zero attached hydrogens (tertiary/aromatic N) is 1. The molecule has 6 nitrogen and oxygen atoms in total. The maximum absolute atomic E-state index is 12.3. The molecule has 0 saturated heterocycles. The normalized spacial score (nSPS) is 11.0. The van der Waals surface area contributed by atoms with Crippen molar-refractivity contribution in [3.63, 3.8) is 0 Å². The van der Waals surface area contributed by atoms with Gasteiger partial charge in [0.1, 0.15) is 0 Å². The number of aromatic nitrogens is 1. The van der Waals surface area contributed by atoms with Crippen molar-refractivity contribution in [2.45, 2.75) is 4.90 Å². The van der Waals surface area contributed by atoms with Gasteiger partial charge in [-0.3, -0.25) is 9.71 Å². The summed E-state index contributed by atoms with van der Waals surface area (Å²) < 4.78 is 27.2. The molecule has 0 bridgehead atoms. The molecule has 0 amide bonds. The zero-order valence-electron chi connectivity index (χ0n) is 12.7. The van der Waals surface area contributed by atoms with E-state index in [9.17, 15) is 8.42 Å². The van der Waals surface area contributed by atoms with Gasteiger partial charge in [0.15, 0.2) is 0 Å². The molecule has 7 heteroatoms. The van der Waals surface area contributed by atoms with E-state index < -0.39 is 10.0 Å². The van der Waals surface area contributed by atoms with Crippen LogP contribution >= 0.6 is 0 Å². The third-order valence-electron chi connectivity index (χ3n) is 3.30. The number of sulfonamides is 1. The summed E-state index contributed by atoms with van der Waals surface area (Å²) in [6.07, 6.45) is 3.38. The number of nitrogens with two attached hydrogens (primary N) is 1. The second kappa shape index (κ2) is 6.59. The Hall–Kier alpha value is -3.06. The van der Waals surface area contributed by atoms with E-state index >= 15 is 0 Å². The van der Waals surface area contributed by atoms with Crippen LogP contribution in [0, 0.1) is 0 Å². The lowest BCUT2D eigenvalue weighted by molar-refractivity contribution is 0.601. The fraction of sp³-hybridized carbons (Fsp3) is 0. The van der Waals surface area contributed by atoms with E-state index in [0.717, 1.165) is 11.4 Å². The van der Waals surface area contributed by atoms with Crippen molar-refractivity contribution in [2.75, 3.05) is 15.8 Å². The molecule has 0 fully saturated rings. The topological polar surface area (TPSA) is 97.1 Å². The number of hydrogen-bond donors (Lipinski definition) is 3. The molecule has 0 unspecified atom stereocenters. The first-order chi connectivity index (χ1) is 11.5. The summed E-state index contributed by atoms with van der Waals surface area (Å²) in [6, 6.07) is 16.7. The molecule has 0 radical (unpaired) electrons. The molecule has 2 aromatic carbocycles. The molecule has 4 N–H and O–H groups in total. The van der Waals surface area contributed by atoms with Gasteiger partial charge in [0, 0.05) is 35.1 Å². The number of nitrogen functional groups attached to an aromatic ring is 1. The van der Waals surface area contributed by atoms with E-state index in [0.29, 0.717) is 11.4 Å². The average Bonchev–Trinajstić information content (AvgIpc) is 2.58. The van der Waals surface area contributed by atoms with Crippen molar-refractivity contribution in [1.82, 2.24) is 4.98 Å².